The van der Waals surface area contributed by atoms with Gasteiger partial charge in [-0.25, -0.2) is 0 Å². The fourth-order valence-corrected chi connectivity index (χ4v) is 1.39. The van der Waals surface area contributed by atoms with Gasteiger partial charge >= 0.3 is 0 Å². The van der Waals surface area contributed by atoms with Crippen LogP contribution in [-0.2, 0) is 9.47 Å². The maximum absolute atomic E-state index is 5.70. The lowest BCUT2D eigenvalue weighted by atomic mass is 10.0. The summed E-state index contributed by atoms with van der Waals surface area (Å²) < 4.78 is 10.9. The van der Waals surface area contributed by atoms with Gasteiger partial charge in [0.2, 0.25) is 0 Å². The van der Waals surface area contributed by atoms with Gasteiger partial charge in [-0.05, 0) is 13.8 Å². The number of hydrogen-bond acceptors (Lipinski definition) is 3. The molecule has 1 aliphatic rings. The predicted molar refractivity (Wildman–Crippen MR) is 43.4 cm³/mol. The first kappa shape index (κ1) is 8.97. The van der Waals surface area contributed by atoms with E-state index in [1.54, 1.807) is 0 Å². The average molecular weight is 159 g/mol. The van der Waals surface area contributed by atoms with Gasteiger partial charge in [0, 0.05) is 19.6 Å². The summed E-state index contributed by atoms with van der Waals surface area (Å²) in [5.74, 6) is 0. The summed E-state index contributed by atoms with van der Waals surface area (Å²) in [4.78, 5) is 0. The Bertz CT molecular complexity index is 119. The third-order valence-electron chi connectivity index (χ3n) is 1.92. The molecule has 0 bridgehead atoms. The molecule has 1 heterocycles. The molecule has 1 atom stereocenters. The molecule has 0 aliphatic carbocycles. The van der Waals surface area contributed by atoms with Crippen LogP contribution in [0.1, 0.15) is 20.3 Å². The van der Waals surface area contributed by atoms with Crippen molar-refractivity contribution in [3.05, 3.63) is 0 Å². The lowest BCUT2D eigenvalue weighted by Gasteiger charge is -2.28. The van der Waals surface area contributed by atoms with Crippen molar-refractivity contribution < 1.29 is 9.47 Å². The minimum absolute atomic E-state index is 0.186. The molecule has 1 rings (SSSR count). The maximum Gasteiger partial charge on any atom is 0.106 e. The van der Waals surface area contributed by atoms with Gasteiger partial charge in [0.15, 0.2) is 0 Å². The lowest BCUT2D eigenvalue weighted by molar-refractivity contribution is -0.0754. The molecule has 66 valence electrons. The van der Waals surface area contributed by atoms with Gasteiger partial charge in [0.25, 0.3) is 0 Å². The Hall–Kier alpha value is -0.120. The van der Waals surface area contributed by atoms with Gasteiger partial charge in [0.05, 0.1) is 12.7 Å². The van der Waals surface area contributed by atoms with Crippen molar-refractivity contribution in [1.29, 1.82) is 0 Å². The molecule has 3 nitrogen and oxygen atoms in total. The second-order valence-corrected chi connectivity index (χ2v) is 3.36. The van der Waals surface area contributed by atoms with Crippen LogP contribution < -0.4 is 5.73 Å². The molecular formula is C8H17NO2. The molecule has 0 aromatic heterocycles. The number of hydrogen-bond donors (Lipinski definition) is 1. The molecular weight excluding hydrogens is 142 g/mol. The van der Waals surface area contributed by atoms with E-state index in [0.717, 1.165) is 13.0 Å². The van der Waals surface area contributed by atoms with E-state index < -0.39 is 0 Å². The quantitative estimate of drug-likeness (QED) is 0.653. The van der Waals surface area contributed by atoms with Gasteiger partial charge in [-0.1, -0.05) is 0 Å². The highest BCUT2D eigenvalue weighted by molar-refractivity contribution is 4.86. The Morgan fingerprint density at radius 1 is 1.64 bits per heavy atom. The van der Waals surface area contributed by atoms with E-state index in [1.165, 1.54) is 0 Å². The fourth-order valence-electron chi connectivity index (χ4n) is 1.39. The topological polar surface area (TPSA) is 44.5 Å². The Morgan fingerprint density at radius 3 is 2.73 bits per heavy atom. The van der Waals surface area contributed by atoms with E-state index in [1.807, 2.05) is 13.8 Å². The van der Waals surface area contributed by atoms with Crippen LogP contribution in [0.15, 0.2) is 0 Å². The van der Waals surface area contributed by atoms with Crippen LogP contribution in [0.4, 0.5) is 0 Å². The third-order valence-corrected chi connectivity index (χ3v) is 1.92. The molecule has 3 heteroatoms. The monoisotopic (exact) mass is 159 g/mol. The molecule has 0 radical (unpaired) electrons. The molecule has 1 fully saturated rings. The van der Waals surface area contributed by atoms with Crippen molar-refractivity contribution in [2.75, 3.05) is 19.8 Å². The van der Waals surface area contributed by atoms with E-state index >= 15 is 0 Å². The van der Waals surface area contributed by atoms with E-state index in [2.05, 4.69) is 0 Å². The van der Waals surface area contributed by atoms with Crippen molar-refractivity contribution in [3.8, 4) is 0 Å². The molecule has 0 aromatic rings. The van der Waals surface area contributed by atoms with Crippen LogP contribution in [0, 0.1) is 0 Å². The first-order chi connectivity index (χ1) is 5.18. The van der Waals surface area contributed by atoms with Gasteiger partial charge in [-0.2, -0.15) is 0 Å². The van der Waals surface area contributed by atoms with E-state index in [-0.39, 0.29) is 11.7 Å². The first-order valence-corrected chi connectivity index (χ1v) is 4.14. The standard InChI is InChI=1S/C8H17NO2/c1-7(2)11-8(5-9)3-4-10-6-8/h7H,3-6,9H2,1-2H3/t8-/m0/s1. The Morgan fingerprint density at radius 2 is 2.36 bits per heavy atom. The zero-order chi connectivity index (χ0) is 8.32. The molecule has 1 saturated heterocycles. The largest absolute Gasteiger partial charge is 0.378 e. The molecule has 11 heavy (non-hydrogen) atoms. The first-order valence-electron chi connectivity index (χ1n) is 4.14. The van der Waals surface area contributed by atoms with Crippen molar-refractivity contribution in [2.45, 2.75) is 32.0 Å². The van der Waals surface area contributed by atoms with Crippen molar-refractivity contribution in [2.24, 2.45) is 5.73 Å². The van der Waals surface area contributed by atoms with Gasteiger partial charge in [0.1, 0.15) is 5.60 Å². The summed E-state index contributed by atoms with van der Waals surface area (Å²) in [5, 5.41) is 0. The van der Waals surface area contributed by atoms with Gasteiger partial charge in [-0.3, -0.25) is 0 Å². The van der Waals surface area contributed by atoms with Crippen molar-refractivity contribution in [1.82, 2.24) is 0 Å². The molecule has 2 N–H and O–H groups in total. The highest BCUT2D eigenvalue weighted by atomic mass is 16.6. The lowest BCUT2D eigenvalue weighted by Crippen LogP contribution is -2.43. The minimum Gasteiger partial charge on any atom is -0.378 e. The van der Waals surface area contributed by atoms with E-state index in [4.69, 9.17) is 15.2 Å². The van der Waals surface area contributed by atoms with Gasteiger partial charge < -0.3 is 15.2 Å². The zero-order valence-electron chi connectivity index (χ0n) is 7.30. The van der Waals surface area contributed by atoms with Crippen molar-refractivity contribution >= 4 is 0 Å². The Kier molecular flexibility index (Phi) is 2.87. The molecule has 0 saturated carbocycles. The Labute approximate surface area is 67.9 Å². The SMILES string of the molecule is CC(C)O[C@]1(CN)CCOC1. The zero-order valence-corrected chi connectivity index (χ0v) is 7.30. The number of nitrogens with two attached hydrogens (primary N) is 1. The van der Waals surface area contributed by atoms with E-state index in [0.29, 0.717) is 13.2 Å². The summed E-state index contributed by atoms with van der Waals surface area (Å²) in [6, 6.07) is 0. The normalized spacial score (nSPS) is 31.6. The molecule has 1 aliphatic heterocycles. The minimum atomic E-state index is -0.186. The van der Waals surface area contributed by atoms with Gasteiger partial charge in [-0.15, -0.1) is 0 Å². The summed E-state index contributed by atoms with van der Waals surface area (Å²) in [5.41, 5.74) is 5.43. The fraction of sp³-hybridized carbons (Fsp3) is 1.00. The van der Waals surface area contributed by atoms with Crippen molar-refractivity contribution in [3.63, 3.8) is 0 Å². The summed E-state index contributed by atoms with van der Waals surface area (Å²) in [6.07, 6.45) is 1.17. The number of ether oxygens (including phenoxy) is 2. The molecule has 0 aromatic carbocycles. The van der Waals surface area contributed by atoms with Crippen LogP contribution in [0.25, 0.3) is 0 Å². The van der Waals surface area contributed by atoms with Crippen LogP contribution >= 0.6 is 0 Å². The third kappa shape index (κ3) is 2.15. The van der Waals surface area contributed by atoms with E-state index in [9.17, 15) is 0 Å². The summed E-state index contributed by atoms with van der Waals surface area (Å²) in [7, 11) is 0. The summed E-state index contributed by atoms with van der Waals surface area (Å²) in [6.45, 7) is 6.04. The highest BCUT2D eigenvalue weighted by Crippen LogP contribution is 2.23. The molecule has 0 unspecified atom stereocenters. The molecule has 0 spiro atoms. The summed E-state index contributed by atoms with van der Waals surface area (Å²) >= 11 is 0. The van der Waals surface area contributed by atoms with Crippen LogP contribution in [0.3, 0.4) is 0 Å². The highest BCUT2D eigenvalue weighted by Gasteiger charge is 2.35. The maximum atomic E-state index is 5.70. The average Bonchev–Trinajstić information content (AvgIpc) is 2.36. The second kappa shape index (κ2) is 3.52. The molecule has 0 amide bonds. The smallest absolute Gasteiger partial charge is 0.106 e. The van der Waals surface area contributed by atoms with Crippen LogP contribution in [-0.4, -0.2) is 31.5 Å². The van der Waals surface area contributed by atoms with Crippen LogP contribution in [0.5, 0.6) is 0 Å². The van der Waals surface area contributed by atoms with Crippen LogP contribution in [0.2, 0.25) is 0 Å². The Balaban J connectivity index is 2.45. The number of rotatable bonds is 3. The predicted octanol–water partition coefficient (Wildman–Crippen LogP) is 0.529. The second-order valence-electron chi connectivity index (χ2n) is 3.36.